The number of allylic oxidation sites excluding steroid dienone is 1. The van der Waals surface area contributed by atoms with Crippen molar-refractivity contribution in [2.45, 2.75) is 6.42 Å². The highest BCUT2D eigenvalue weighted by Gasteiger charge is 2.00. The number of pyridine rings is 1. The average molecular weight is 220 g/mol. The maximum atomic E-state index is 8.84. The first-order valence-electron chi connectivity index (χ1n) is 5.40. The van der Waals surface area contributed by atoms with Crippen LogP contribution in [0.2, 0.25) is 0 Å². The zero-order valence-electron chi connectivity index (χ0n) is 9.43. The molecule has 0 aliphatic carbocycles. The second kappa shape index (κ2) is 5.09. The summed E-state index contributed by atoms with van der Waals surface area (Å²) in [5.74, 6) is 0. The molecule has 82 valence electrons. The number of nitriles is 1. The molecular weight excluding hydrogens is 208 g/mol. The molecule has 1 aromatic carbocycles. The van der Waals surface area contributed by atoms with Crippen molar-refractivity contribution in [1.29, 1.82) is 5.26 Å². The third-order valence-corrected chi connectivity index (χ3v) is 2.49. The molecule has 0 aliphatic heterocycles. The molecule has 0 saturated carbocycles. The molecule has 0 unspecified atom stereocenters. The smallest absolute Gasteiger partial charge is 0.0991 e. The van der Waals surface area contributed by atoms with Crippen molar-refractivity contribution >= 4 is 0 Å². The number of benzene rings is 1. The predicted molar refractivity (Wildman–Crippen MR) is 68.3 cm³/mol. The van der Waals surface area contributed by atoms with E-state index in [4.69, 9.17) is 5.26 Å². The van der Waals surface area contributed by atoms with Gasteiger partial charge in [-0.2, -0.15) is 5.26 Å². The van der Waals surface area contributed by atoms with Gasteiger partial charge in [-0.25, -0.2) is 0 Å². The molecule has 1 heterocycles. The first kappa shape index (κ1) is 11.1. The molecule has 0 radical (unpaired) electrons. The summed E-state index contributed by atoms with van der Waals surface area (Å²) in [5.41, 5.74) is 3.64. The van der Waals surface area contributed by atoms with E-state index >= 15 is 0 Å². The van der Waals surface area contributed by atoms with Gasteiger partial charge in [0.2, 0.25) is 0 Å². The van der Waals surface area contributed by atoms with Crippen molar-refractivity contribution in [3.63, 3.8) is 0 Å². The molecule has 0 bridgehead atoms. The van der Waals surface area contributed by atoms with Crippen LogP contribution in [0, 0.1) is 11.3 Å². The Morgan fingerprint density at radius 2 is 2.18 bits per heavy atom. The molecule has 2 heteroatoms. The van der Waals surface area contributed by atoms with E-state index < -0.39 is 0 Å². The zero-order valence-corrected chi connectivity index (χ0v) is 9.43. The Balaban J connectivity index is 2.33. The van der Waals surface area contributed by atoms with Gasteiger partial charge in [-0.3, -0.25) is 4.98 Å². The monoisotopic (exact) mass is 220 g/mol. The highest BCUT2D eigenvalue weighted by Crippen LogP contribution is 2.18. The highest BCUT2D eigenvalue weighted by atomic mass is 14.7. The predicted octanol–water partition coefficient (Wildman–Crippen LogP) is 3.35. The molecule has 1 aromatic heterocycles. The van der Waals surface area contributed by atoms with Crippen LogP contribution in [0.15, 0.2) is 55.3 Å². The Morgan fingerprint density at radius 1 is 1.29 bits per heavy atom. The minimum Gasteiger partial charge on any atom is -0.256 e. The Bertz CT molecular complexity index is 562. The van der Waals surface area contributed by atoms with Gasteiger partial charge in [0.05, 0.1) is 17.3 Å². The summed E-state index contributed by atoms with van der Waals surface area (Å²) < 4.78 is 0. The van der Waals surface area contributed by atoms with Gasteiger partial charge < -0.3 is 0 Å². The largest absolute Gasteiger partial charge is 0.256 e. The lowest BCUT2D eigenvalue weighted by Crippen LogP contribution is -1.87. The lowest BCUT2D eigenvalue weighted by molar-refractivity contribution is 1.20. The van der Waals surface area contributed by atoms with Crippen molar-refractivity contribution in [2.24, 2.45) is 0 Å². The van der Waals surface area contributed by atoms with Gasteiger partial charge in [-0.1, -0.05) is 24.3 Å². The zero-order chi connectivity index (χ0) is 12.1. The van der Waals surface area contributed by atoms with Crippen LogP contribution in [0.25, 0.3) is 11.3 Å². The van der Waals surface area contributed by atoms with E-state index in [1.807, 2.05) is 42.6 Å². The minimum atomic E-state index is 0.652. The van der Waals surface area contributed by atoms with Gasteiger partial charge in [0.15, 0.2) is 0 Å². The summed E-state index contributed by atoms with van der Waals surface area (Å²) in [6.45, 7) is 3.70. The quantitative estimate of drug-likeness (QED) is 0.744. The topological polar surface area (TPSA) is 36.7 Å². The number of hydrogen-bond donors (Lipinski definition) is 0. The molecule has 0 fully saturated rings. The summed E-state index contributed by atoms with van der Waals surface area (Å²) >= 11 is 0. The van der Waals surface area contributed by atoms with E-state index in [9.17, 15) is 0 Å². The third-order valence-electron chi connectivity index (χ3n) is 2.49. The molecule has 0 saturated heterocycles. The van der Waals surface area contributed by atoms with E-state index in [-0.39, 0.29) is 0 Å². The highest BCUT2D eigenvalue weighted by molar-refractivity contribution is 5.61. The van der Waals surface area contributed by atoms with Crippen molar-refractivity contribution in [3.8, 4) is 17.3 Å². The molecule has 2 nitrogen and oxygen atoms in total. The van der Waals surface area contributed by atoms with Gasteiger partial charge in [-0.05, 0) is 30.2 Å². The maximum absolute atomic E-state index is 8.84. The van der Waals surface area contributed by atoms with E-state index in [2.05, 4.69) is 17.6 Å². The van der Waals surface area contributed by atoms with Gasteiger partial charge in [-0.15, -0.1) is 6.58 Å². The summed E-state index contributed by atoms with van der Waals surface area (Å²) in [5, 5.41) is 8.84. The first-order valence-corrected chi connectivity index (χ1v) is 5.40. The summed E-state index contributed by atoms with van der Waals surface area (Å²) in [7, 11) is 0. The molecular formula is C15H12N2. The molecule has 17 heavy (non-hydrogen) atoms. The molecule has 2 rings (SSSR count). The molecule has 0 aliphatic rings. The average Bonchev–Trinajstić information content (AvgIpc) is 2.40. The van der Waals surface area contributed by atoms with E-state index in [0.29, 0.717) is 5.56 Å². The fourth-order valence-corrected chi connectivity index (χ4v) is 1.63. The van der Waals surface area contributed by atoms with Crippen molar-refractivity contribution in [1.82, 2.24) is 4.98 Å². The Kier molecular flexibility index (Phi) is 3.32. The number of nitrogens with zero attached hydrogens (tertiary/aromatic N) is 2. The molecule has 0 atom stereocenters. The fourth-order valence-electron chi connectivity index (χ4n) is 1.63. The van der Waals surface area contributed by atoms with E-state index in [1.54, 1.807) is 6.07 Å². The van der Waals surface area contributed by atoms with Gasteiger partial charge in [0.1, 0.15) is 0 Å². The van der Waals surface area contributed by atoms with E-state index in [1.165, 1.54) is 0 Å². The van der Waals surface area contributed by atoms with Crippen molar-refractivity contribution in [2.75, 3.05) is 0 Å². The summed E-state index contributed by atoms with van der Waals surface area (Å²) in [6, 6.07) is 13.6. The van der Waals surface area contributed by atoms with Gasteiger partial charge >= 0.3 is 0 Å². The molecule has 0 N–H and O–H groups in total. The van der Waals surface area contributed by atoms with E-state index in [0.717, 1.165) is 23.2 Å². The standard InChI is InChI=1S/C15H12N2/c1-2-4-12-7-8-15(17-11-12)14-6-3-5-13(9-14)10-16/h2-3,5-9,11H,1,4H2. The third kappa shape index (κ3) is 2.59. The molecule has 0 amide bonds. The van der Waals surface area contributed by atoms with Crippen LogP contribution in [0.3, 0.4) is 0 Å². The maximum Gasteiger partial charge on any atom is 0.0991 e. The summed E-state index contributed by atoms with van der Waals surface area (Å²) in [4.78, 5) is 4.39. The van der Waals surface area contributed by atoms with Crippen LogP contribution in [0.1, 0.15) is 11.1 Å². The van der Waals surface area contributed by atoms with Crippen LogP contribution in [0.4, 0.5) is 0 Å². The first-order chi connectivity index (χ1) is 8.33. The van der Waals surface area contributed by atoms with Gasteiger partial charge in [0.25, 0.3) is 0 Å². The van der Waals surface area contributed by atoms with Crippen LogP contribution in [-0.4, -0.2) is 4.98 Å². The van der Waals surface area contributed by atoms with Crippen LogP contribution >= 0.6 is 0 Å². The molecule has 0 spiro atoms. The van der Waals surface area contributed by atoms with Crippen molar-refractivity contribution in [3.05, 3.63) is 66.4 Å². The normalized spacial score (nSPS) is 9.59. The number of rotatable bonds is 3. The second-order valence-corrected chi connectivity index (χ2v) is 3.74. The van der Waals surface area contributed by atoms with Crippen LogP contribution in [-0.2, 0) is 6.42 Å². The Morgan fingerprint density at radius 3 is 2.82 bits per heavy atom. The minimum absolute atomic E-state index is 0.652. The Labute approximate surface area is 101 Å². The second-order valence-electron chi connectivity index (χ2n) is 3.74. The Hall–Kier alpha value is -2.40. The fraction of sp³-hybridized carbons (Fsp3) is 0.0667. The lowest BCUT2D eigenvalue weighted by Gasteiger charge is -2.02. The van der Waals surface area contributed by atoms with Crippen molar-refractivity contribution < 1.29 is 0 Å². The number of hydrogen-bond acceptors (Lipinski definition) is 2. The van der Waals surface area contributed by atoms with Crippen LogP contribution in [0.5, 0.6) is 0 Å². The number of aromatic nitrogens is 1. The van der Waals surface area contributed by atoms with Gasteiger partial charge in [0, 0.05) is 11.8 Å². The van der Waals surface area contributed by atoms with Crippen LogP contribution < -0.4 is 0 Å². The SMILES string of the molecule is C=CCc1ccc(-c2cccc(C#N)c2)nc1. The summed E-state index contributed by atoms with van der Waals surface area (Å²) in [6.07, 6.45) is 4.52. The molecule has 2 aromatic rings. The lowest BCUT2D eigenvalue weighted by atomic mass is 10.1.